The molecule has 0 aliphatic heterocycles. The van der Waals surface area contributed by atoms with Gasteiger partial charge in [0.15, 0.2) is 0 Å². The maximum Gasteiger partial charge on any atom is 0.290 e. The van der Waals surface area contributed by atoms with Crippen LogP contribution in [0.2, 0.25) is 5.02 Å². The number of halogens is 1. The summed E-state index contributed by atoms with van der Waals surface area (Å²) in [6, 6.07) is 5.44. The molecule has 1 N–H and O–H groups in total. The largest absolute Gasteiger partial charge is 0.476 e. The van der Waals surface area contributed by atoms with E-state index in [1.54, 1.807) is 19.3 Å². The van der Waals surface area contributed by atoms with Crippen LogP contribution in [-0.4, -0.2) is 31.6 Å². The maximum absolute atomic E-state index is 12.3. The predicted octanol–water partition coefficient (Wildman–Crippen LogP) is 2.78. The molecule has 2 unspecified atom stereocenters. The standard InChI is InChI=1S/C18H19ClN6O2S/c1-10-22-23-17(28-10)8-21-15-6-16(24-25(2)18(15)26)27-9-11-5-13(11)14-4-3-12(19)7-20-14/h3-4,6-7,11,13,21H,5,8-9H2,1-2H3. The Labute approximate surface area is 170 Å². The lowest BCUT2D eigenvalue weighted by atomic mass is 10.2. The Hall–Kier alpha value is -2.52. The fourth-order valence-electron chi connectivity index (χ4n) is 2.95. The van der Waals surface area contributed by atoms with Gasteiger partial charge < -0.3 is 10.1 Å². The Morgan fingerprint density at radius 2 is 2.25 bits per heavy atom. The van der Waals surface area contributed by atoms with Crippen molar-refractivity contribution in [2.45, 2.75) is 25.8 Å². The minimum absolute atomic E-state index is 0.219. The third-order valence-electron chi connectivity index (χ3n) is 4.54. The number of pyridine rings is 1. The molecule has 0 spiro atoms. The first-order valence-electron chi connectivity index (χ1n) is 8.85. The summed E-state index contributed by atoms with van der Waals surface area (Å²) in [5.41, 5.74) is 1.23. The first-order valence-corrected chi connectivity index (χ1v) is 10.0. The Balaban J connectivity index is 1.37. The molecule has 1 fully saturated rings. The molecule has 3 aromatic heterocycles. The van der Waals surface area contributed by atoms with Gasteiger partial charge in [-0.1, -0.05) is 22.9 Å². The second kappa shape index (κ2) is 7.84. The van der Waals surface area contributed by atoms with Crippen LogP contribution in [-0.2, 0) is 13.6 Å². The van der Waals surface area contributed by atoms with Gasteiger partial charge in [-0.2, -0.15) is 0 Å². The summed E-state index contributed by atoms with van der Waals surface area (Å²) in [5.74, 6) is 1.17. The molecule has 0 aromatic carbocycles. The molecule has 2 atom stereocenters. The summed E-state index contributed by atoms with van der Waals surface area (Å²) < 4.78 is 7.12. The van der Waals surface area contributed by atoms with E-state index in [4.69, 9.17) is 16.3 Å². The van der Waals surface area contributed by atoms with Gasteiger partial charge in [0.1, 0.15) is 15.7 Å². The third kappa shape index (κ3) is 4.31. The first kappa shape index (κ1) is 18.8. The number of nitrogens with one attached hydrogen (secondary N) is 1. The zero-order valence-corrected chi connectivity index (χ0v) is 17.0. The van der Waals surface area contributed by atoms with Crippen molar-refractivity contribution in [1.82, 2.24) is 25.0 Å². The van der Waals surface area contributed by atoms with E-state index in [0.29, 0.717) is 41.6 Å². The quantitative estimate of drug-likeness (QED) is 0.630. The fraction of sp³-hybridized carbons (Fsp3) is 0.389. The van der Waals surface area contributed by atoms with E-state index in [1.165, 1.54) is 16.0 Å². The van der Waals surface area contributed by atoms with E-state index in [-0.39, 0.29) is 5.56 Å². The molecule has 3 aromatic rings. The van der Waals surface area contributed by atoms with E-state index in [9.17, 15) is 4.79 Å². The highest BCUT2D eigenvalue weighted by molar-refractivity contribution is 7.11. The lowest BCUT2D eigenvalue weighted by Gasteiger charge is -2.10. The van der Waals surface area contributed by atoms with E-state index in [1.807, 2.05) is 19.1 Å². The van der Waals surface area contributed by atoms with E-state index in [2.05, 4.69) is 25.6 Å². The highest BCUT2D eigenvalue weighted by Crippen LogP contribution is 2.46. The Bertz CT molecular complexity index is 1040. The van der Waals surface area contributed by atoms with E-state index >= 15 is 0 Å². The number of anilines is 1. The Kier molecular flexibility index (Phi) is 5.27. The third-order valence-corrected chi connectivity index (χ3v) is 5.60. The summed E-state index contributed by atoms with van der Waals surface area (Å²) in [6.45, 7) is 2.84. The lowest BCUT2D eigenvalue weighted by Crippen LogP contribution is -2.24. The second-order valence-corrected chi connectivity index (χ2v) is 8.41. The van der Waals surface area contributed by atoms with Crippen LogP contribution >= 0.6 is 22.9 Å². The maximum atomic E-state index is 12.3. The van der Waals surface area contributed by atoms with Crippen molar-refractivity contribution < 1.29 is 4.74 Å². The van der Waals surface area contributed by atoms with Crippen molar-refractivity contribution >= 4 is 28.6 Å². The topological polar surface area (TPSA) is 94.8 Å². The number of hydrogen-bond acceptors (Lipinski definition) is 8. The van der Waals surface area contributed by atoms with Crippen molar-refractivity contribution in [1.29, 1.82) is 0 Å². The number of ether oxygens (including phenoxy) is 1. The molecule has 0 radical (unpaired) electrons. The first-order chi connectivity index (χ1) is 13.5. The van der Waals surface area contributed by atoms with Crippen molar-refractivity contribution in [3.8, 4) is 5.88 Å². The zero-order valence-electron chi connectivity index (χ0n) is 15.4. The van der Waals surface area contributed by atoms with Gasteiger partial charge in [-0.25, -0.2) is 4.68 Å². The molecule has 0 bridgehead atoms. The SMILES string of the molecule is Cc1nnc(CNc2cc(OCC3CC3c3ccc(Cl)cn3)nn(C)c2=O)s1. The van der Waals surface area contributed by atoms with Gasteiger partial charge in [0.2, 0.25) is 5.88 Å². The normalized spacial score (nSPS) is 18.1. The molecule has 1 aliphatic rings. The van der Waals surface area contributed by atoms with Gasteiger partial charge in [-0.05, 0) is 25.5 Å². The molecular weight excluding hydrogens is 400 g/mol. The number of aromatic nitrogens is 5. The Morgan fingerprint density at radius 3 is 2.96 bits per heavy atom. The van der Waals surface area contributed by atoms with E-state index in [0.717, 1.165) is 22.1 Å². The molecule has 3 heterocycles. The van der Waals surface area contributed by atoms with Gasteiger partial charge in [0, 0.05) is 36.8 Å². The van der Waals surface area contributed by atoms with Crippen LogP contribution in [0.1, 0.15) is 28.0 Å². The Morgan fingerprint density at radius 1 is 1.39 bits per heavy atom. The molecule has 1 saturated carbocycles. The molecule has 146 valence electrons. The molecule has 10 heteroatoms. The highest BCUT2D eigenvalue weighted by Gasteiger charge is 2.40. The van der Waals surface area contributed by atoms with Crippen molar-refractivity contribution in [2.75, 3.05) is 11.9 Å². The van der Waals surface area contributed by atoms with Gasteiger partial charge in [0.05, 0.1) is 18.2 Å². The van der Waals surface area contributed by atoms with Crippen LogP contribution in [0, 0.1) is 12.8 Å². The molecule has 8 nitrogen and oxygen atoms in total. The summed E-state index contributed by atoms with van der Waals surface area (Å²) >= 11 is 7.37. The minimum atomic E-state index is -0.219. The average Bonchev–Trinajstić information content (AvgIpc) is 3.34. The van der Waals surface area contributed by atoms with Crippen molar-refractivity contribution in [3.05, 3.63) is 55.5 Å². The van der Waals surface area contributed by atoms with Crippen LogP contribution in [0.5, 0.6) is 5.88 Å². The summed E-state index contributed by atoms with van der Waals surface area (Å²) in [4.78, 5) is 16.7. The second-order valence-electron chi connectivity index (χ2n) is 6.71. The van der Waals surface area contributed by atoms with Crippen LogP contribution in [0.4, 0.5) is 5.69 Å². The molecule has 0 amide bonds. The number of hydrogen-bond donors (Lipinski definition) is 1. The molecule has 4 rings (SSSR count). The number of aryl methyl sites for hydroxylation is 2. The average molecular weight is 419 g/mol. The lowest BCUT2D eigenvalue weighted by molar-refractivity contribution is 0.278. The van der Waals surface area contributed by atoms with Gasteiger partial charge in [-0.3, -0.25) is 9.78 Å². The fourth-order valence-corrected chi connectivity index (χ4v) is 3.71. The van der Waals surface area contributed by atoms with E-state index < -0.39 is 0 Å². The smallest absolute Gasteiger partial charge is 0.290 e. The van der Waals surface area contributed by atoms with Crippen molar-refractivity contribution in [2.24, 2.45) is 13.0 Å². The van der Waals surface area contributed by atoms with Gasteiger partial charge in [-0.15, -0.1) is 15.3 Å². The van der Waals surface area contributed by atoms with Crippen molar-refractivity contribution in [3.63, 3.8) is 0 Å². The molecule has 28 heavy (non-hydrogen) atoms. The van der Waals surface area contributed by atoms with Crippen LogP contribution in [0.15, 0.2) is 29.2 Å². The molecule has 1 aliphatic carbocycles. The number of nitrogens with zero attached hydrogens (tertiary/aromatic N) is 5. The van der Waals surface area contributed by atoms with Crippen LogP contribution in [0.3, 0.4) is 0 Å². The minimum Gasteiger partial charge on any atom is -0.476 e. The zero-order chi connectivity index (χ0) is 19.7. The monoisotopic (exact) mass is 418 g/mol. The van der Waals surface area contributed by atoms with Gasteiger partial charge >= 0.3 is 0 Å². The summed E-state index contributed by atoms with van der Waals surface area (Å²) in [7, 11) is 1.60. The predicted molar refractivity (Wildman–Crippen MR) is 107 cm³/mol. The highest BCUT2D eigenvalue weighted by atomic mass is 35.5. The molecular formula is C18H19ClN6O2S. The van der Waals surface area contributed by atoms with Gasteiger partial charge in [0.25, 0.3) is 5.56 Å². The number of rotatable bonds is 7. The van der Waals surface area contributed by atoms with Crippen LogP contribution in [0.25, 0.3) is 0 Å². The molecule has 0 saturated heterocycles. The summed E-state index contributed by atoms with van der Waals surface area (Å²) in [5, 5.41) is 17.6. The summed E-state index contributed by atoms with van der Waals surface area (Å²) in [6.07, 6.45) is 2.68. The van der Waals surface area contributed by atoms with Crippen LogP contribution < -0.4 is 15.6 Å².